The van der Waals surface area contributed by atoms with Crippen LogP contribution in [0.25, 0.3) is 11.4 Å². The monoisotopic (exact) mass is 375 g/mol. The SMILES string of the molecule is Cc1cccc(N2CCN(c3ccc(-c4nc(C)c(C)c(=O)[nH]4)cn3)CC2)c1. The molecule has 0 bridgehead atoms. The number of hydrogen-bond acceptors (Lipinski definition) is 5. The minimum absolute atomic E-state index is 0.0983. The lowest BCUT2D eigenvalue weighted by molar-refractivity contribution is 0.647. The summed E-state index contributed by atoms with van der Waals surface area (Å²) in [4.78, 5) is 28.6. The lowest BCUT2D eigenvalue weighted by Gasteiger charge is -2.36. The molecule has 1 aliphatic rings. The van der Waals surface area contributed by atoms with Gasteiger partial charge in [0, 0.05) is 54.9 Å². The number of nitrogens with zero attached hydrogens (tertiary/aromatic N) is 4. The van der Waals surface area contributed by atoms with Gasteiger partial charge in [-0.3, -0.25) is 4.79 Å². The normalized spacial score (nSPS) is 14.4. The Morgan fingerprint density at radius 2 is 1.71 bits per heavy atom. The van der Waals surface area contributed by atoms with Crippen molar-refractivity contribution in [3.8, 4) is 11.4 Å². The molecule has 0 saturated carbocycles. The van der Waals surface area contributed by atoms with Crippen molar-refractivity contribution < 1.29 is 0 Å². The standard InChI is InChI=1S/C22H25N5O/c1-15-5-4-6-19(13-15)26-9-11-27(12-10-26)20-8-7-18(14-23-20)21-24-17(3)16(2)22(28)25-21/h4-8,13-14H,9-12H2,1-3H3,(H,24,25,28). The highest BCUT2D eigenvalue weighted by Gasteiger charge is 2.18. The molecule has 144 valence electrons. The maximum atomic E-state index is 12.0. The minimum atomic E-state index is -0.0983. The van der Waals surface area contributed by atoms with Gasteiger partial charge in [0.25, 0.3) is 5.56 Å². The highest BCUT2D eigenvalue weighted by molar-refractivity contribution is 5.57. The second kappa shape index (κ2) is 7.46. The quantitative estimate of drug-likeness (QED) is 0.762. The Labute approximate surface area is 164 Å². The van der Waals surface area contributed by atoms with Crippen LogP contribution in [0.3, 0.4) is 0 Å². The average Bonchev–Trinajstić information content (AvgIpc) is 2.72. The van der Waals surface area contributed by atoms with Crippen molar-refractivity contribution in [2.75, 3.05) is 36.0 Å². The van der Waals surface area contributed by atoms with Gasteiger partial charge < -0.3 is 14.8 Å². The van der Waals surface area contributed by atoms with Crippen LogP contribution in [-0.2, 0) is 0 Å². The van der Waals surface area contributed by atoms with Crippen molar-refractivity contribution in [2.24, 2.45) is 0 Å². The van der Waals surface area contributed by atoms with E-state index in [0.717, 1.165) is 43.3 Å². The fourth-order valence-electron chi connectivity index (χ4n) is 3.51. The van der Waals surface area contributed by atoms with Crippen molar-refractivity contribution in [1.82, 2.24) is 15.0 Å². The summed E-state index contributed by atoms with van der Waals surface area (Å²) in [6, 6.07) is 12.6. The Balaban J connectivity index is 1.46. The van der Waals surface area contributed by atoms with Crippen LogP contribution in [0.4, 0.5) is 11.5 Å². The summed E-state index contributed by atoms with van der Waals surface area (Å²) in [7, 11) is 0. The summed E-state index contributed by atoms with van der Waals surface area (Å²) in [5.74, 6) is 1.52. The number of pyridine rings is 1. The van der Waals surface area contributed by atoms with E-state index in [1.807, 2.05) is 19.1 Å². The Bertz CT molecular complexity index is 1030. The third-order valence-corrected chi connectivity index (χ3v) is 5.39. The molecular formula is C22H25N5O. The van der Waals surface area contributed by atoms with E-state index >= 15 is 0 Å². The molecule has 0 unspecified atom stereocenters. The van der Waals surface area contributed by atoms with Crippen molar-refractivity contribution in [2.45, 2.75) is 20.8 Å². The molecule has 0 aliphatic carbocycles. The van der Waals surface area contributed by atoms with Gasteiger partial charge in [-0.25, -0.2) is 9.97 Å². The zero-order chi connectivity index (χ0) is 19.7. The van der Waals surface area contributed by atoms with Gasteiger partial charge in [0.05, 0.1) is 0 Å². The number of aromatic amines is 1. The van der Waals surface area contributed by atoms with Crippen LogP contribution in [0.1, 0.15) is 16.8 Å². The molecule has 0 radical (unpaired) electrons. The first-order valence-corrected chi connectivity index (χ1v) is 9.62. The molecule has 2 aromatic heterocycles. The van der Waals surface area contributed by atoms with E-state index in [0.29, 0.717) is 11.4 Å². The van der Waals surface area contributed by atoms with Crippen molar-refractivity contribution in [1.29, 1.82) is 0 Å². The third kappa shape index (κ3) is 3.63. The first-order valence-electron chi connectivity index (χ1n) is 9.62. The summed E-state index contributed by atoms with van der Waals surface area (Å²) in [5.41, 5.74) is 4.69. The first kappa shape index (κ1) is 18.2. The number of rotatable bonds is 3. The molecule has 4 rings (SSSR count). The average molecular weight is 375 g/mol. The maximum absolute atomic E-state index is 12.0. The van der Waals surface area contributed by atoms with Crippen molar-refractivity contribution in [3.63, 3.8) is 0 Å². The molecule has 1 aliphatic heterocycles. The molecule has 3 aromatic rings. The number of aromatic nitrogens is 3. The van der Waals surface area contributed by atoms with Gasteiger partial charge in [0.1, 0.15) is 11.6 Å². The lowest BCUT2D eigenvalue weighted by atomic mass is 10.2. The van der Waals surface area contributed by atoms with Gasteiger partial charge in [-0.2, -0.15) is 0 Å². The summed E-state index contributed by atoms with van der Waals surface area (Å²) >= 11 is 0. The topological polar surface area (TPSA) is 65.1 Å². The van der Waals surface area contributed by atoms with E-state index in [1.54, 1.807) is 13.1 Å². The Morgan fingerprint density at radius 1 is 0.964 bits per heavy atom. The zero-order valence-electron chi connectivity index (χ0n) is 16.6. The number of nitrogens with one attached hydrogen (secondary N) is 1. The van der Waals surface area contributed by atoms with E-state index in [9.17, 15) is 4.79 Å². The van der Waals surface area contributed by atoms with E-state index in [4.69, 9.17) is 0 Å². The van der Waals surface area contributed by atoms with E-state index in [-0.39, 0.29) is 5.56 Å². The van der Waals surface area contributed by atoms with Crippen LogP contribution in [-0.4, -0.2) is 41.1 Å². The smallest absolute Gasteiger partial charge is 0.254 e. The van der Waals surface area contributed by atoms with Crippen molar-refractivity contribution >= 4 is 11.5 Å². The highest BCUT2D eigenvalue weighted by atomic mass is 16.1. The van der Waals surface area contributed by atoms with Gasteiger partial charge in [-0.15, -0.1) is 0 Å². The molecule has 1 aromatic carbocycles. The van der Waals surface area contributed by atoms with E-state index in [2.05, 4.69) is 55.9 Å². The summed E-state index contributed by atoms with van der Waals surface area (Å²) in [6.07, 6.45) is 1.79. The predicted molar refractivity (Wildman–Crippen MR) is 113 cm³/mol. The first-order chi connectivity index (χ1) is 13.5. The molecule has 0 atom stereocenters. The van der Waals surface area contributed by atoms with Crippen LogP contribution in [0, 0.1) is 20.8 Å². The fraction of sp³-hybridized carbons (Fsp3) is 0.318. The number of hydrogen-bond donors (Lipinski definition) is 1. The molecule has 28 heavy (non-hydrogen) atoms. The maximum Gasteiger partial charge on any atom is 0.254 e. The molecular weight excluding hydrogens is 350 g/mol. The molecule has 6 nitrogen and oxygen atoms in total. The second-order valence-corrected chi connectivity index (χ2v) is 7.34. The van der Waals surface area contributed by atoms with Gasteiger partial charge in [0.15, 0.2) is 0 Å². The Morgan fingerprint density at radius 3 is 2.36 bits per heavy atom. The summed E-state index contributed by atoms with van der Waals surface area (Å²) < 4.78 is 0. The molecule has 0 amide bonds. The van der Waals surface area contributed by atoms with Gasteiger partial charge in [-0.05, 0) is 50.6 Å². The third-order valence-electron chi connectivity index (χ3n) is 5.39. The lowest BCUT2D eigenvalue weighted by Crippen LogP contribution is -2.46. The van der Waals surface area contributed by atoms with Crippen LogP contribution in [0.5, 0.6) is 0 Å². The van der Waals surface area contributed by atoms with E-state index < -0.39 is 0 Å². The molecule has 1 fully saturated rings. The van der Waals surface area contributed by atoms with Gasteiger partial charge >= 0.3 is 0 Å². The molecule has 0 spiro atoms. The van der Waals surface area contributed by atoms with Crippen LogP contribution >= 0.6 is 0 Å². The van der Waals surface area contributed by atoms with Crippen molar-refractivity contribution in [3.05, 3.63) is 69.8 Å². The molecule has 6 heteroatoms. The second-order valence-electron chi connectivity index (χ2n) is 7.34. The molecule has 3 heterocycles. The Hall–Kier alpha value is -3.15. The molecule has 1 N–H and O–H groups in total. The van der Waals surface area contributed by atoms with Gasteiger partial charge in [-0.1, -0.05) is 12.1 Å². The number of aryl methyl sites for hydroxylation is 2. The van der Waals surface area contributed by atoms with E-state index in [1.165, 1.54) is 11.3 Å². The predicted octanol–water partition coefficient (Wildman–Crippen LogP) is 3.08. The number of H-pyrrole nitrogens is 1. The summed E-state index contributed by atoms with van der Waals surface area (Å²) in [6.45, 7) is 9.56. The number of piperazine rings is 1. The van der Waals surface area contributed by atoms with Gasteiger partial charge in [0.2, 0.25) is 0 Å². The minimum Gasteiger partial charge on any atom is -0.368 e. The highest BCUT2D eigenvalue weighted by Crippen LogP contribution is 2.22. The summed E-state index contributed by atoms with van der Waals surface area (Å²) in [5, 5.41) is 0. The zero-order valence-corrected chi connectivity index (χ0v) is 16.6. The van der Waals surface area contributed by atoms with Crippen LogP contribution < -0.4 is 15.4 Å². The Kier molecular flexibility index (Phi) is 4.86. The number of benzene rings is 1. The fourth-order valence-corrected chi connectivity index (χ4v) is 3.51. The largest absolute Gasteiger partial charge is 0.368 e. The van der Waals surface area contributed by atoms with Crippen LogP contribution in [0.15, 0.2) is 47.4 Å². The molecule has 1 saturated heterocycles. The number of anilines is 2. The van der Waals surface area contributed by atoms with Crippen LogP contribution in [0.2, 0.25) is 0 Å².